The minimum absolute atomic E-state index is 0.215. The maximum Gasteiger partial charge on any atom is 0.478 e. The molecule has 0 aliphatic carbocycles. The Morgan fingerprint density at radius 2 is 1.48 bits per heavy atom. The first-order valence-electron chi connectivity index (χ1n) is 9.27. The van der Waals surface area contributed by atoms with Crippen LogP contribution in [0.25, 0.3) is 0 Å². The summed E-state index contributed by atoms with van der Waals surface area (Å²) in [5.41, 5.74) is 7.35. The van der Waals surface area contributed by atoms with Crippen molar-refractivity contribution >= 4 is 13.5 Å². The molecule has 0 aromatic heterocycles. The van der Waals surface area contributed by atoms with Crippen LogP contribution in [-0.4, -0.2) is 26.2 Å². The van der Waals surface area contributed by atoms with Crippen molar-refractivity contribution in [3.63, 3.8) is 0 Å². The van der Waals surface area contributed by atoms with Crippen LogP contribution in [0.5, 0.6) is 0 Å². The molecule has 0 aliphatic heterocycles. The van der Waals surface area contributed by atoms with Gasteiger partial charge in [0.2, 0.25) is 0 Å². The maximum atomic E-state index is 11.3. The van der Waals surface area contributed by atoms with Crippen molar-refractivity contribution in [2.24, 2.45) is 5.73 Å². The van der Waals surface area contributed by atoms with Crippen LogP contribution in [0.3, 0.4) is 0 Å². The van der Waals surface area contributed by atoms with Crippen LogP contribution in [-0.2, 0) is 17.6 Å². The number of hydrogen-bond acceptors (Lipinski definition) is 5. The zero-order chi connectivity index (χ0) is 18.7. The third kappa shape index (κ3) is 10.0. The molecule has 0 amide bonds. The predicted molar refractivity (Wildman–Crippen MR) is 103 cm³/mol. The highest BCUT2D eigenvalue weighted by Gasteiger charge is 2.42. The first kappa shape index (κ1) is 22.2. The van der Waals surface area contributed by atoms with E-state index in [-0.39, 0.29) is 6.42 Å². The molecule has 0 unspecified atom stereocenters. The molecule has 1 aromatic carbocycles. The van der Waals surface area contributed by atoms with Gasteiger partial charge < -0.3 is 5.73 Å². The number of aryl methyl sites for hydroxylation is 2. The molecule has 0 spiro atoms. The molecule has 5 N–H and O–H groups in total. The second-order valence-corrected chi connectivity index (χ2v) is 8.43. The minimum atomic E-state index is -4.40. The molecule has 25 heavy (non-hydrogen) atoms. The van der Waals surface area contributed by atoms with Crippen LogP contribution in [0.2, 0.25) is 0 Å². The highest BCUT2D eigenvalue weighted by atomic mass is 31.2. The fourth-order valence-electron chi connectivity index (χ4n) is 2.78. The Morgan fingerprint density at radius 1 is 0.960 bits per heavy atom. The van der Waals surface area contributed by atoms with Crippen LogP contribution in [0, 0.1) is 0 Å². The van der Waals surface area contributed by atoms with Crippen molar-refractivity contribution in [2.75, 3.05) is 0 Å². The summed E-state index contributed by atoms with van der Waals surface area (Å²) in [5.74, 6) is 0. The summed E-state index contributed by atoms with van der Waals surface area (Å²) in [4.78, 5) is 38.0. The molecule has 0 heterocycles. The van der Waals surface area contributed by atoms with E-state index in [1.807, 2.05) is 0 Å². The largest absolute Gasteiger partial charge is 0.478 e. The van der Waals surface area contributed by atoms with Crippen molar-refractivity contribution < 1.29 is 19.5 Å². The highest BCUT2D eigenvalue weighted by Crippen LogP contribution is 2.46. The summed E-state index contributed by atoms with van der Waals surface area (Å²) in [6.07, 6.45) is 9.96. The van der Waals surface area contributed by atoms with Crippen molar-refractivity contribution in [3.05, 3.63) is 35.4 Å². The van der Waals surface area contributed by atoms with Gasteiger partial charge in [0.05, 0.1) is 6.42 Å². The van der Waals surface area contributed by atoms with Crippen LogP contribution < -0.4 is 5.73 Å². The zero-order valence-corrected chi connectivity index (χ0v) is 16.1. The second-order valence-electron chi connectivity index (χ2n) is 6.80. The Balaban J connectivity index is 2.26. The lowest BCUT2D eigenvalue weighted by molar-refractivity contribution is -0.114. The molecular formula is C19H33NO4P+. The van der Waals surface area contributed by atoms with E-state index in [0.717, 1.165) is 18.4 Å². The fourth-order valence-corrected chi connectivity index (χ4v) is 3.26. The van der Waals surface area contributed by atoms with Gasteiger partial charge in [-0.15, -0.1) is 0 Å². The smallest absolute Gasteiger partial charge is 0.327 e. The summed E-state index contributed by atoms with van der Waals surface area (Å²) in [6.45, 7) is 2.23. The molecule has 0 saturated heterocycles. The summed E-state index contributed by atoms with van der Waals surface area (Å²) < 4.78 is 0. The average Bonchev–Trinajstić information content (AvgIpc) is 2.56. The topological polar surface area (TPSA) is 104 Å². The van der Waals surface area contributed by atoms with E-state index >= 15 is 0 Å². The Hall–Kier alpha value is -0.840. The molecular weight excluding hydrogens is 337 g/mol. The predicted octanol–water partition coefficient (Wildman–Crippen LogP) is 3.51. The molecule has 0 bridgehead atoms. The molecule has 5 nitrogen and oxygen atoms in total. The van der Waals surface area contributed by atoms with E-state index in [2.05, 4.69) is 31.2 Å². The van der Waals surface area contributed by atoms with Crippen LogP contribution in [0.1, 0.15) is 69.4 Å². The van der Waals surface area contributed by atoms with Crippen LogP contribution >= 0.6 is 7.94 Å². The first-order valence-corrected chi connectivity index (χ1v) is 10.9. The van der Waals surface area contributed by atoms with Gasteiger partial charge in [0.15, 0.2) is 0 Å². The number of benzene rings is 1. The van der Waals surface area contributed by atoms with Gasteiger partial charge in [-0.25, -0.2) is 4.79 Å². The summed E-state index contributed by atoms with van der Waals surface area (Å²) >= 11 is 0. The average molecular weight is 370 g/mol. The van der Waals surface area contributed by atoms with E-state index in [1.165, 1.54) is 44.1 Å². The van der Waals surface area contributed by atoms with Gasteiger partial charge in [-0.1, -0.05) is 63.3 Å². The number of carbonyl (C=O) groups is 1. The Labute approximate surface area is 151 Å². The van der Waals surface area contributed by atoms with Gasteiger partial charge in [0.1, 0.15) is 0 Å². The zero-order valence-electron chi connectivity index (χ0n) is 15.2. The molecule has 6 heteroatoms. The van der Waals surface area contributed by atoms with Crippen LogP contribution in [0.15, 0.2) is 24.3 Å². The third-order valence-electron chi connectivity index (χ3n) is 4.42. The third-order valence-corrected chi connectivity index (χ3v) is 5.27. The van der Waals surface area contributed by atoms with Crippen molar-refractivity contribution in [3.8, 4) is 0 Å². The van der Waals surface area contributed by atoms with Gasteiger partial charge in [0.25, 0.3) is 0 Å². The Kier molecular flexibility index (Phi) is 10.4. The normalized spacial score (nSPS) is 13.0. The monoisotopic (exact) mass is 370 g/mol. The van der Waals surface area contributed by atoms with Crippen molar-refractivity contribution in [2.45, 2.75) is 77.2 Å². The number of rotatable bonds is 13. The van der Waals surface area contributed by atoms with Crippen LogP contribution in [0.4, 0.5) is 0 Å². The van der Waals surface area contributed by atoms with Gasteiger partial charge in [-0.2, -0.15) is 14.7 Å². The highest BCUT2D eigenvalue weighted by molar-refractivity contribution is 7.76. The standard InChI is InChI=1S/C19H33NO4P/c1-2-3-4-5-6-7-8-16-9-11-17(12-10-16)13-14-18(20)15-19(21)25(22,23)24/h9-12,18,22-24H,2-8,13-15,20H2,1H3/q+1/t18-/m1/s1. The summed E-state index contributed by atoms with van der Waals surface area (Å²) in [6, 6.07) is 7.97. The molecule has 1 aromatic rings. The van der Waals surface area contributed by atoms with E-state index in [4.69, 9.17) is 20.4 Å². The lowest BCUT2D eigenvalue weighted by Gasteiger charge is -2.11. The lowest BCUT2D eigenvalue weighted by Crippen LogP contribution is -2.25. The molecule has 1 atom stereocenters. The van der Waals surface area contributed by atoms with Crippen molar-refractivity contribution in [1.82, 2.24) is 0 Å². The molecule has 0 aliphatic rings. The van der Waals surface area contributed by atoms with Gasteiger partial charge in [0, 0.05) is 6.04 Å². The summed E-state index contributed by atoms with van der Waals surface area (Å²) in [5, 5.41) is 0. The van der Waals surface area contributed by atoms with Crippen molar-refractivity contribution in [1.29, 1.82) is 0 Å². The Morgan fingerprint density at radius 3 is 2.04 bits per heavy atom. The van der Waals surface area contributed by atoms with Gasteiger partial charge in [-0.05, 0) is 36.8 Å². The van der Waals surface area contributed by atoms with E-state index in [9.17, 15) is 4.79 Å². The number of unbranched alkanes of at least 4 members (excludes halogenated alkanes) is 5. The van der Waals surface area contributed by atoms with E-state index < -0.39 is 19.5 Å². The molecule has 1 rings (SSSR count). The first-order chi connectivity index (χ1) is 11.8. The minimum Gasteiger partial charge on any atom is -0.327 e. The second kappa shape index (κ2) is 11.7. The quantitative estimate of drug-likeness (QED) is 0.314. The molecule has 142 valence electrons. The molecule has 0 saturated carbocycles. The summed E-state index contributed by atoms with van der Waals surface area (Å²) in [7, 11) is -4.40. The van der Waals surface area contributed by atoms with E-state index in [0.29, 0.717) is 6.42 Å². The maximum absolute atomic E-state index is 11.3. The lowest BCUT2D eigenvalue weighted by atomic mass is 10.0. The number of hydrogen-bond donors (Lipinski definition) is 4. The molecule has 0 fully saturated rings. The molecule has 0 radical (unpaired) electrons. The number of nitrogens with two attached hydrogens (primary N) is 1. The van der Waals surface area contributed by atoms with E-state index in [1.54, 1.807) is 0 Å². The fraction of sp³-hybridized carbons (Fsp3) is 0.632. The van der Waals surface area contributed by atoms with Gasteiger partial charge in [-0.3, -0.25) is 0 Å². The Bertz CT molecular complexity index is 499. The SMILES string of the molecule is CCCCCCCCc1ccc(CC[C@@H](N)CC(=O)[P+](O)(O)O)cc1. The van der Waals surface area contributed by atoms with Gasteiger partial charge >= 0.3 is 13.5 Å². The number of carbonyl (C=O) groups excluding carboxylic acids is 1.